The molecule has 0 saturated carbocycles. The zero-order chi connectivity index (χ0) is 18.9. The fourth-order valence-corrected chi connectivity index (χ4v) is 2.34. The van der Waals surface area contributed by atoms with E-state index >= 15 is 0 Å². The first-order valence-corrected chi connectivity index (χ1v) is 8.12. The molecule has 7 heteroatoms. The number of anilines is 1. The summed E-state index contributed by atoms with van der Waals surface area (Å²) < 4.78 is 15.5. The molecule has 0 radical (unpaired) electrons. The fraction of sp³-hybridized carbons (Fsp3) is 0.158. The van der Waals surface area contributed by atoms with E-state index in [-0.39, 0.29) is 11.0 Å². The minimum absolute atomic E-state index is 0.182. The number of hydrogen-bond donors (Lipinski definition) is 2. The van der Waals surface area contributed by atoms with Gasteiger partial charge in [-0.2, -0.15) is 0 Å². The van der Waals surface area contributed by atoms with Crippen molar-refractivity contribution in [3.05, 3.63) is 54.1 Å². The van der Waals surface area contributed by atoms with Crippen LogP contribution in [0.1, 0.15) is 5.56 Å². The summed E-state index contributed by atoms with van der Waals surface area (Å²) in [5.74, 6) is 1.59. The Morgan fingerprint density at radius 2 is 1.65 bits per heavy atom. The third-order valence-corrected chi connectivity index (χ3v) is 3.63. The summed E-state index contributed by atoms with van der Waals surface area (Å²) in [5.41, 5.74) is 1.55. The third-order valence-electron chi connectivity index (χ3n) is 3.42. The maximum atomic E-state index is 12.0. The summed E-state index contributed by atoms with van der Waals surface area (Å²) in [5, 5.41) is 5.69. The van der Waals surface area contributed by atoms with Crippen LogP contribution in [0.5, 0.6) is 17.2 Å². The lowest BCUT2D eigenvalue weighted by Crippen LogP contribution is -2.32. The minimum Gasteiger partial charge on any atom is -0.497 e. The van der Waals surface area contributed by atoms with Crippen molar-refractivity contribution in [2.24, 2.45) is 0 Å². The van der Waals surface area contributed by atoms with E-state index in [0.29, 0.717) is 17.2 Å². The molecule has 2 N–H and O–H groups in total. The zero-order valence-corrected chi connectivity index (χ0v) is 15.6. The van der Waals surface area contributed by atoms with E-state index < -0.39 is 0 Å². The van der Waals surface area contributed by atoms with Crippen molar-refractivity contribution in [3.63, 3.8) is 0 Å². The van der Waals surface area contributed by atoms with Gasteiger partial charge in [-0.25, -0.2) is 0 Å². The lowest BCUT2D eigenvalue weighted by Gasteiger charge is -2.12. The van der Waals surface area contributed by atoms with Crippen LogP contribution in [0.3, 0.4) is 0 Å². The number of benzene rings is 2. The van der Waals surface area contributed by atoms with E-state index in [4.69, 9.17) is 26.4 Å². The smallest absolute Gasteiger partial charge is 0.250 e. The van der Waals surface area contributed by atoms with Gasteiger partial charge >= 0.3 is 0 Å². The summed E-state index contributed by atoms with van der Waals surface area (Å²) in [6, 6.07) is 12.6. The lowest BCUT2D eigenvalue weighted by atomic mass is 10.2. The van der Waals surface area contributed by atoms with E-state index in [9.17, 15) is 4.79 Å². The number of amides is 1. The highest BCUT2D eigenvalue weighted by Gasteiger charge is 2.06. The molecule has 136 valence electrons. The number of carbonyl (C=O) groups excluding carboxylic acids is 1. The quantitative estimate of drug-likeness (QED) is 0.599. The van der Waals surface area contributed by atoms with Crippen LogP contribution in [-0.4, -0.2) is 32.3 Å². The van der Waals surface area contributed by atoms with Crippen LogP contribution >= 0.6 is 12.2 Å². The number of methoxy groups -OCH3 is 3. The van der Waals surface area contributed by atoms with Gasteiger partial charge in [0.1, 0.15) is 5.75 Å². The van der Waals surface area contributed by atoms with E-state index in [1.165, 1.54) is 6.08 Å². The van der Waals surface area contributed by atoms with Crippen LogP contribution in [0, 0.1) is 0 Å². The number of rotatable bonds is 6. The predicted octanol–water partition coefficient (Wildman–Crippen LogP) is 3.24. The first-order chi connectivity index (χ1) is 12.5. The first kappa shape index (κ1) is 19.3. The van der Waals surface area contributed by atoms with Crippen LogP contribution in [0.4, 0.5) is 5.69 Å². The Morgan fingerprint density at radius 1 is 0.962 bits per heavy atom. The second-order valence-electron chi connectivity index (χ2n) is 5.12. The molecule has 0 aliphatic rings. The highest BCUT2D eigenvalue weighted by molar-refractivity contribution is 7.80. The molecule has 0 aromatic heterocycles. The SMILES string of the molecule is COc1ccc(/C=C/C(=O)NC(=S)Nc2ccc(OC)c(OC)c2)cc1. The van der Waals surface area contributed by atoms with Gasteiger partial charge in [0.15, 0.2) is 16.6 Å². The van der Waals surface area contributed by atoms with Crippen LogP contribution in [-0.2, 0) is 4.79 Å². The monoisotopic (exact) mass is 372 g/mol. The second kappa shape index (κ2) is 9.43. The third kappa shape index (κ3) is 5.49. The van der Waals surface area contributed by atoms with Crippen molar-refractivity contribution >= 4 is 35.0 Å². The molecule has 0 aliphatic heterocycles. The Labute approximate surface area is 157 Å². The highest BCUT2D eigenvalue weighted by Crippen LogP contribution is 2.29. The van der Waals surface area contributed by atoms with Gasteiger partial charge in [0, 0.05) is 17.8 Å². The summed E-state index contributed by atoms with van der Waals surface area (Å²) >= 11 is 5.15. The lowest BCUT2D eigenvalue weighted by molar-refractivity contribution is -0.115. The topological polar surface area (TPSA) is 68.8 Å². The number of hydrogen-bond acceptors (Lipinski definition) is 5. The average molecular weight is 372 g/mol. The molecular weight excluding hydrogens is 352 g/mol. The van der Waals surface area contributed by atoms with Crippen LogP contribution in [0.15, 0.2) is 48.5 Å². The largest absolute Gasteiger partial charge is 0.497 e. The molecule has 0 unspecified atom stereocenters. The molecule has 0 heterocycles. The van der Waals surface area contributed by atoms with Gasteiger partial charge < -0.3 is 19.5 Å². The molecule has 26 heavy (non-hydrogen) atoms. The van der Waals surface area contributed by atoms with Crippen molar-refractivity contribution in [1.29, 1.82) is 0 Å². The van der Waals surface area contributed by atoms with Crippen molar-refractivity contribution in [1.82, 2.24) is 5.32 Å². The van der Waals surface area contributed by atoms with E-state index in [1.807, 2.05) is 24.3 Å². The van der Waals surface area contributed by atoms with Crippen LogP contribution < -0.4 is 24.8 Å². The Balaban J connectivity index is 1.92. The summed E-state index contributed by atoms with van der Waals surface area (Å²) in [6.45, 7) is 0. The zero-order valence-electron chi connectivity index (χ0n) is 14.7. The molecule has 1 amide bonds. The fourth-order valence-electron chi connectivity index (χ4n) is 2.12. The Bertz CT molecular complexity index is 804. The van der Waals surface area contributed by atoms with Gasteiger partial charge in [-0.15, -0.1) is 0 Å². The molecule has 0 spiro atoms. The molecule has 2 aromatic rings. The molecule has 0 saturated heterocycles. The van der Waals surface area contributed by atoms with Crippen LogP contribution in [0.2, 0.25) is 0 Å². The van der Waals surface area contributed by atoms with Crippen molar-refractivity contribution in [3.8, 4) is 17.2 Å². The summed E-state index contributed by atoms with van der Waals surface area (Å²) in [6.07, 6.45) is 3.10. The van der Waals surface area contributed by atoms with Gasteiger partial charge in [0.05, 0.1) is 21.3 Å². The van der Waals surface area contributed by atoms with Crippen molar-refractivity contribution in [2.75, 3.05) is 26.6 Å². The minimum atomic E-state index is -0.334. The van der Waals surface area contributed by atoms with Gasteiger partial charge in [0.25, 0.3) is 0 Å². The molecule has 0 atom stereocenters. The van der Waals surface area contributed by atoms with Gasteiger partial charge in [-0.1, -0.05) is 12.1 Å². The number of ether oxygens (including phenoxy) is 3. The molecule has 0 bridgehead atoms. The van der Waals surface area contributed by atoms with Gasteiger partial charge in [-0.05, 0) is 48.1 Å². The maximum Gasteiger partial charge on any atom is 0.250 e. The maximum absolute atomic E-state index is 12.0. The molecule has 0 aliphatic carbocycles. The van der Waals surface area contributed by atoms with Crippen LogP contribution in [0.25, 0.3) is 6.08 Å². The van der Waals surface area contributed by atoms with Gasteiger partial charge in [-0.3, -0.25) is 10.1 Å². The molecule has 2 aromatic carbocycles. The number of carbonyl (C=O) groups is 1. The standard InChI is InChI=1S/C19H20N2O4S/c1-23-15-8-4-13(5-9-15)6-11-18(22)21-19(26)20-14-7-10-16(24-2)17(12-14)25-3/h4-12H,1-3H3,(H2,20,21,22,26)/b11-6+. The second-order valence-corrected chi connectivity index (χ2v) is 5.53. The summed E-state index contributed by atoms with van der Waals surface area (Å²) in [7, 11) is 4.71. The molecule has 0 fully saturated rings. The van der Waals surface area contributed by atoms with E-state index in [1.54, 1.807) is 45.6 Å². The Hall–Kier alpha value is -3.06. The average Bonchev–Trinajstić information content (AvgIpc) is 2.66. The number of thiocarbonyl (C=S) groups is 1. The Morgan fingerprint density at radius 3 is 2.27 bits per heavy atom. The van der Waals surface area contributed by atoms with Crippen molar-refractivity contribution < 1.29 is 19.0 Å². The molecular formula is C19H20N2O4S. The molecule has 6 nitrogen and oxygen atoms in total. The number of nitrogens with one attached hydrogen (secondary N) is 2. The first-order valence-electron chi connectivity index (χ1n) is 7.72. The predicted molar refractivity (Wildman–Crippen MR) is 106 cm³/mol. The normalized spacial score (nSPS) is 10.3. The van der Waals surface area contributed by atoms with E-state index in [2.05, 4.69) is 10.6 Å². The summed E-state index contributed by atoms with van der Waals surface area (Å²) in [4.78, 5) is 12.0. The van der Waals surface area contributed by atoms with E-state index in [0.717, 1.165) is 11.3 Å². The molecule has 2 rings (SSSR count). The van der Waals surface area contributed by atoms with Crippen molar-refractivity contribution in [2.45, 2.75) is 0 Å². The highest BCUT2D eigenvalue weighted by atomic mass is 32.1. The Kier molecular flexibility index (Phi) is 6.99. The van der Waals surface area contributed by atoms with Gasteiger partial charge in [0.2, 0.25) is 5.91 Å².